The molecule has 8 heteroatoms. The van der Waals surface area contributed by atoms with Gasteiger partial charge in [-0.3, -0.25) is 19.6 Å². The monoisotopic (exact) mass is 270 g/mol. The van der Waals surface area contributed by atoms with Crippen LogP contribution in [-0.4, -0.2) is 37.9 Å². The first-order valence-electron chi connectivity index (χ1n) is 6.00. The van der Waals surface area contributed by atoms with Crippen LogP contribution in [0.2, 0.25) is 0 Å². The number of rotatable bonds is 7. The molecule has 0 radical (unpaired) electrons. The van der Waals surface area contributed by atoms with Gasteiger partial charge in [0, 0.05) is 6.54 Å². The van der Waals surface area contributed by atoms with Crippen molar-refractivity contribution in [3.05, 3.63) is 22.5 Å². The van der Waals surface area contributed by atoms with Gasteiger partial charge < -0.3 is 10.4 Å². The summed E-state index contributed by atoms with van der Waals surface area (Å²) in [7, 11) is 0. The SMILES string of the molecule is CCCC(C)(O)CNC(=O)Cn1cc([N+](=O)[O-])cn1. The molecule has 1 atom stereocenters. The zero-order valence-electron chi connectivity index (χ0n) is 11.0. The van der Waals surface area contributed by atoms with E-state index >= 15 is 0 Å². The number of nitrogens with one attached hydrogen (secondary N) is 1. The number of aliphatic hydroxyl groups is 1. The number of nitrogens with zero attached hydrogens (tertiary/aromatic N) is 3. The molecule has 0 fully saturated rings. The third kappa shape index (κ3) is 5.04. The van der Waals surface area contributed by atoms with Crippen molar-refractivity contribution in [2.24, 2.45) is 0 Å². The van der Waals surface area contributed by atoms with E-state index in [0.29, 0.717) is 6.42 Å². The van der Waals surface area contributed by atoms with Gasteiger partial charge in [-0.05, 0) is 13.3 Å². The Morgan fingerprint density at radius 3 is 2.89 bits per heavy atom. The van der Waals surface area contributed by atoms with Crippen LogP contribution in [0.1, 0.15) is 26.7 Å². The predicted octanol–water partition coefficient (Wildman–Crippen LogP) is 0.459. The van der Waals surface area contributed by atoms with Crippen LogP contribution in [0.25, 0.3) is 0 Å². The molecule has 2 N–H and O–H groups in total. The summed E-state index contributed by atoms with van der Waals surface area (Å²) in [5.74, 6) is -0.352. The first kappa shape index (κ1) is 15.1. The molecule has 0 aliphatic carbocycles. The maximum Gasteiger partial charge on any atom is 0.307 e. The number of hydrogen-bond donors (Lipinski definition) is 2. The highest BCUT2D eigenvalue weighted by Gasteiger charge is 2.20. The van der Waals surface area contributed by atoms with Crippen LogP contribution in [0.5, 0.6) is 0 Å². The summed E-state index contributed by atoms with van der Waals surface area (Å²) in [6.07, 6.45) is 3.67. The van der Waals surface area contributed by atoms with Gasteiger partial charge in [-0.1, -0.05) is 13.3 Å². The smallest absolute Gasteiger partial charge is 0.307 e. The highest BCUT2D eigenvalue weighted by Crippen LogP contribution is 2.10. The van der Waals surface area contributed by atoms with Gasteiger partial charge in [0.1, 0.15) is 18.9 Å². The van der Waals surface area contributed by atoms with Gasteiger partial charge in [0.15, 0.2) is 0 Å². The van der Waals surface area contributed by atoms with E-state index in [1.807, 2.05) is 6.92 Å². The first-order chi connectivity index (χ1) is 8.84. The van der Waals surface area contributed by atoms with E-state index in [1.165, 1.54) is 10.9 Å². The number of amides is 1. The van der Waals surface area contributed by atoms with Crippen LogP contribution in [0.4, 0.5) is 5.69 Å². The van der Waals surface area contributed by atoms with Crippen LogP contribution in [-0.2, 0) is 11.3 Å². The zero-order valence-corrected chi connectivity index (χ0v) is 11.0. The molecule has 0 aromatic carbocycles. The topological polar surface area (TPSA) is 110 Å². The molecule has 1 rings (SSSR count). The van der Waals surface area contributed by atoms with E-state index in [9.17, 15) is 20.0 Å². The quantitative estimate of drug-likeness (QED) is 0.552. The zero-order chi connectivity index (χ0) is 14.5. The minimum Gasteiger partial charge on any atom is -0.388 e. The molecular weight excluding hydrogens is 252 g/mol. The van der Waals surface area contributed by atoms with E-state index in [4.69, 9.17) is 0 Å². The Kier molecular flexibility index (Phi) is 4.99. The second-order valence-electron chi connectivity index (χ2n) is 4.68. The Bertz CT molecular complexity index is 455. The van der Waals surface area contributed by atoms with Gasteiger partial charge in [0.05, 0.1) is 10.5 Å². The number of carbonyl (C=O) groups excluding carboxylic acids is 1. The van der Waals surface area contributed by atoms with Crippen molar-refractivity contribution < 1.29 is 14.8 Å². The van der Waals surface area contributed by atoms with Gasteiger partial charge in [-0.2, -0.15) is 5.10 Å². The second-order valence-corrected chi connectivity index (χ2v) is 4.68. The predicted molar refractivity (Wildman–Crippen MR) is 67.4 cm³/mol. The lowest BCUT2D eigenvalue weighted by molar-refractivity contribution is -0.385. The third-order valence-electron chi connectivity index (χ3n) is 2.59. The Balaban J connectivity index is 2.44. The lowest BCUT2D eigenvalue weighted by Crippen LogP contribution is -2.41. The molecule has 0 aliphatic heterocycles. The Morgan fingerprint density at radius 1 is 1.68 bits per heavy atom. The molecule has 1 amide bonds. The molecule has 0 saturated carbocycles. The van der Waals surface area contributed by atoms with Crippen molar-refractivity contribution in [2.75, 3.05) is 6.54 Å². The molecule has 0 saturated heterocycles. The minimum atomic E-state index is -0.944. The number of hydrogen-bond acceptors (Lipinski definition) is 5. The summed E-state index contributed by atoms with van der Waals surface area (Å²) in [6, 6.07) is 0. The highest BCUT2D eigenvalue weighted by atomic mass is 16.6. The Morgan fingerprint density at radius 2 is 2.37 bits per heavy atom. The maximum absolute atomic E-state index is 11.6. The van der Waals surface area contributed by atoms with Gasteiger partial charge in [-0.25, -0.2) is 0 Å². The van der Waals surface area contributed by atoms with E-state index in [0.717, 1.165) is 12.6 Å². The van der Waals surface area contributed by atoms with E-state index in [1.54, 1.807) is 6.92 Å². The fraction of sp³-hybridized carbons (Fsp3) is 0.636. The molecule has 106 valence electrons. The Labute approximate surface area is 110 Å². The van der Waals surface area contributed by atoms with Gasteiger partial charge >= 0.3 is 5.69 Å². The average molecular weight is 270 g/mol. The number of aromatic nitrogens is 2. The molecule has 1 aromatic heterocycles. The molecule has 1 heterocycles. The summed E-state index contributed by atoms with van der Waals surface area (Å²) in [5.41, 5.74) is -1.11. The van der Waals surface area contributed by atoms with Crippen LogP contribution < -0.4 is 5.32 Å². The maximum atomic E-state index is 11.6. The van der Waals surface area contributed by atoms with Crippen molar-refractivity contribution >= 4 is 11.6 Å². The molecule has 8 nitrogen and oxygen atoms in total. The van der Waals surface area contributed by atoms with Crippen molar-refractivity contribution in [2.45, 2.75) is 38.8 Å². The lowest BCUT2D eigenvalue weighted by Gasteiger charge is -2.22. The molecule has 0 spiro atoms. The normalized spacial score (nSPS) is 13.8. The number of nitro groups is 1. The molecule has 1 unspecified atom stereocenters. The fourth-order valence-electron chi connectivity index (χ4n) is 1.65. The van der Waals surface area contributed by atoms with Crippen LogP contribution >= 0.6 is 0 Å². The van der Waals surface area contributed by atoms with E-state index < -0.39 is 10.5 Å². The average Bonchev–Trinajstić information content (AvgIpc) is 2.75. The molecule has 1 aromatic rings. The highest BCUT2D eigenvalue weighted by molar-refractivity contribution is 5.75. The minimum absolute atomic E-state index is 0.115. The third-order valence-corrected chi connectivity index (χ3v) is 2.59. The van der Waals surface area contributed by atoms with Crippen LogP contribution in [0.3, 0.4) is 0 Å². The summed E-state index contributed by atoms with van der Waals surface area (Å²) < 4.78 is 1.18. The summed E-state index contributed by atoms with van der Waals surface area (Å²) in [4.78, 5) is 21.5. The Hall–Kier alpha value is -1.96. The van der Waals surface area contributed by atoms with Gasteiger partial charge in [0.25, 0.3) is 0 Å². The summed E-state index contributed by atoms with van der Waals surface area (Å²) in [5, 5.41) is 26.6. The summed E-state index contributed by atoms with van der Waals surface area (Å²) >= 11 is 0. The lowest BCUT2D eigenvalue weighted by atomic mass is 10.0. The van der Waals surface area contributed by atoms with Crippen molar-refractivity contribution in [3.63, 3.8) is 0 Å². The molecule has 0 bridgehead atoms. The van der Waals surface area contributed by atoms with Crippen molar-refractivity contribution in [1.82, 2.24) is 15.1 Å². The van der Waals surface area contributed by atoms with Crippen molar-refractivity contribution in [1.29, 1.82) is 0 Å². The largest absolute Gasteiger partial charge is 0.388 e. The fourth-order valence-corrected chi connectivity index (χ4v) is 1.65. The standard InChI is InChI=1S/C11H18N4O4/c1-3-4-11(2,17)8-12-10(16)7-14-6-9(5-13-14)15(18)19/h5-6,17H,3-4,7-8H2,1-2H3,(H,12,16). The molecule has 0 aliphatic rings. The summed E-state index contributed by atoms with van der Waals surface area (Å²) in [6.45, 7) is 3.62. The van der Waals surface area contributed by atoms with E-state index in [-0.39, 0.29) is 24.7 Å². The van der Waals surface area contributed by atoms with Gasteiger partial charge in [-0.15, -0.1) is 0 Å². The molecule has 19 heavy (non-hydrogen) atoms. The van der Waals surface area contributed by atoms with Crippen LogP contribution in [0.15, 0.2) is 12.4 Å². The van der Waals surface area contributed by atoms with E-state index in [2.05, 4.69) is 10.4 Å². The molecular formula is C11H18N4O4. The number of carbonyl (C=O) groups is 1. The van der Waals surface area contributed by atoms with Crippen LogP contribution in [0, 0.1) is 10.1 Å². The first-order valence-corrected chi connectivity index (χ1v) is 6.00. The van der Waals surface area contributed by atoms with Crippen molar-refractivity contribution in [3.8, 4) is 0 Å². The second kappa shape index (κ2) is 6.28. The van der Waals surface area contributed by atoms with Gasteiger partial charge in [0.2, 0.25) is 5.91 Å².